The number of halogens is 2. The SMILES string of the molecule is CCOc1cc(/C=C2\C(=O)N(c3cccc(C)c3)C(=O)N(c3cccc4ccccc34)C2=O)cc(I)c1OCc1ccccc1Cl. The van der Waals surface area contributed by atoms with Gasteiger partial charge in [0.15, 0.2) is 11.5 Å². The van der Waals surface area contributed by atoms with Crippen molar-refractivity contribution in [3.05, 3.63) is 134 Å². The number of benzene rings is 5. The lowest BCUT2D eigenvalue weighted by Gasteiger charge is -2.34. The molecule has 9 heteroatoms. The fraction of sp³-hybridized carbons (Fsp3) is 0.108. The highest BCUT2D eigenvalue weighted by Crippen LogP contribution is 2.38. The Morgan fingerprint density at radius 1 is 0.804 bits per heavy atom. The fourth-order valence-electron chi connectivity index (χ4n) is 5.35. The predicted octanol–water partition coefficient (Wildman–Crippen LogP) is 8.97. The minimum atomic E-state index is -0.748. The Morgan fingerprint density at radius 3 is 2.30 bits per heavy atom. The van der Waals surface area contributed by atoms with Crippen molar-refractivity contribution in [1.29, 1.82) is 0 Å². The number of rotatable bonds is 8. The molecule has 1 heterocycles. The van der Waals surface area contributed by atoms with Gasteiger partial charge in [0.1, 0.15) is 12.2 Å². The molecule has 1 saturated heterocycles. The first kappa shape index (κ1) is 31.3. The average molecular weight is 743 g/mol. The van der Waals surface area contributed by atoms with Crippen molar-refractivity contribution in [3.63, 3.8) is 0 Å². The normalized spacial score (nSPS) is 14.3. The summed E-state index contributed by atoms with van der Waals surface area (Å²) in [7, 11) is 0. The van der Waals surface area contributed by atoms with E-state index < -0.39 is 17.8 Å². The van der Waals surface area contributed by atoms with Crippen LogP contribution >= 0.6 is 34.2 Å². The van der Waals surface area contributed by atoms with E-state index in [4.69, 9.17) is 21.1 Å². The van der Waals surface area contributed by atoms with Gasteiger partial charge in [0.25, 0.3) is 11.8 Å². The third-order valence-corrected chi connectivity index (χ3v) is 8.66. The molecule has 6 rings (SSSR count). The zero-order valence-corrected chi connectivity index (χ0v) is 27.9. The predicted molar refractivity (Wildman–Crippen MR) is 190 cm³/mol. The molecule has 0 N–H and O–H groups in total. The Hall–Kier alpha value is -4.67. The molecule has 1 aliphatic rings. The van der Waals surface area contributed by atoms with Crippen molar-refractivity contribution < 1.29 is 23.9 Å². The third-order valence-electron chi connectivity index (χ3n) is 7.49. The van der Waals surface area contributed by atoms with Crippen molar-refractivity contribution in [2.75, 3.05) is 16.4 Å². The Labute approximate surface area is 285 Å². The maximum Gasteiger partial charge on any atom is 0.343 e. The van der Waals surface area contributed by atoms with Crippen molar-refractivity contribution in [3.8, 4) is 11.5 Å². The summed E-state index contributed by atoms with van der Waals surface area (Å²) in [6.07, 6.45) is 1.50. The van der Waals surface area contributed by atoms with Crippen LogP contribution in [0.4, 0.5) is 16.2 Å². The number of ether oxygens (including phenoxy) is 2. The summed E-state index contributed by atoms with van der Waals surface area (Å²) in [6, 6.07) is 30.2. The Kier molecular flexibility index (Phi) is 9.10. The number of fused-ring (bicyclic) bond motifs is 1. The van der Waals surface area contributed by atoms with Gasteiger partial charge >= 0.3 is 6.03 Å². The van der Waals surface area contributed by atoms with Gasteiger partial charge in [-0.25, -0.2) is 14.6 Å². The molecule has 1 aliphatic heterocycles. The monoisotopic (exact) mass is 742 g/mol. The smallest absolute Gasteiger partial charge is 0.343 e. The number of barbiturate groups is 1. The van der Waals surface area contributed by atoms with Crippen LogP contribution in [0, 0.1) is 10.5 Å². The molecule has 0 radical (unpaired) electrons. The number of imide groups is 2. The summed E-state index contributed by atoms with van der Waals surface area (Å²) in [5, 5.41) is 2.15. The van der Waals surface area contributed by atoms with Gasteiger partial charge in [0.05, 0.1) is 21.6 Å². The van der Waals surface area contributed by atoms with Crippen LogP contribution in [0.2, 0.25) is 5.02 Å². The van der Waals surface area contributed by atoms with E-state index >= 15 is 0 Å². The summed E-state index contributed by atoms with van der Waals surface area (Å²) >= 11 is 8.48. The summed E-state index contributed by atoms with van der Waals surface area (Å²) in [5.41, 5.74) is 2.80. The highest BCUT2D eigenvalue weighted by Gasteiger charge is 2.44. The second kappa shape index (κ2) is 13.4. The van der Waals surface area contributed by atoms with E-state index in [-0.39, 0.29) is 12.2 Å². The van der Waals surface area contributed by atoms with Gasteiger partial charge < -0.3 is 9.47 Å². The van der Waals surface area contributed by atoms with E-state index in [0.717, 1.165) is 26.3 Å². The van der Waals surface area contributed by atoms with E-state index in [9.17, 15) is 14.4 Å². The number of nitrogens with zero attached hydrogens (tertiary/aromatic N) is 2. The molecular formula is C37H28ClIN2O5. The van der Waals surface area contributed by atoms with Gasteiger partial charge in [0, 0.05) is 16.0 Å². The quantitative estimate of drug-likeness (QED) is 0.0902. The number of anilines is 2. The van der Waals surface area contributed by atoms with Crippen LogP contribution in [0.5, 0.6) is 11.5 Å². The van der Waals surface area contributed by atoms with Crippen molar-refractivity contribution in [2.24, 2.45) is 0 Å². The average Bonchev–Trinajstić information content (AvgIpc) is 3.04. The largest absolute Gasteiger partial charge is 0.490 e. The lowest BCUT2D eigenvalue weighted by Crippen LogP contribution is -2.57. The Morgan fingerprint density at radius 2 is 1.52 bits per heavy atom. The molecule has 0 aliphatic carbocycles. The summed E-state index contributed by atoms with van der Waals surface area (Å²) in [4.78, 5) is 44.5. The first-order valence-corrected chi connectivity index (χ1v) is 16.0. The lowest BCUT2D eigenvalue weighted by molar-refractivity contribution is -0.121. The zero-order chi connectivity index (χ0) is 32.4. The minimum absolute atomic E-state index is 0.169. The van der Waals surface area contributed by atoms with Crippen LogP contribution in [-0.2, 0) is 16.2 Å². The maximum absolute atomic E-state index is 14.2. The van der Waals surface area contributed by atoms with E-state index in [1.54, 1.807) is 48.5 Å². The van der Waals surface area contributed by atoms with E-state index in [0.29, 0.717) is 49.0 Å². The number of aryl methyl sites for hydroxylation is 1. The van der Waals surface area contributed by atoms with Crippen LogP contribution in [0.1, 0.15) is 23.6 Å². The number of hydrogen-bond donors (Lipinski definition) is 0. The van der Waals surface area contributed by atoms with Crippen molar-refractivity contribution >= 4 is 80.3 Å². The molecule has 0 saturated carbocycles. The minimum Gasteiger partial charge on any atom is -0.490 e. The Balaban J connectivity index is 1.46. The van der Waals surface area contributed by atoms with Crippen molar-refractivity contribution in [1.82, 2.24) is 0 Å². The van der Waals surface area contributed by atoms with Gasteiger partial charge in [0.2, 0.25) is 0 Å². The molecule has 5 aromatic carbocycles. The number of carbonyl (C=O) groups is 3. The van der Waals surface area contributed by atoms with Gasteiger partial charge in [-0.3, -0.25) is 9.59 Å². The number of amides is 4. The standard InChI is InChI=1S/C37H28ClIN2O5/c1-3-45-33-21-24(20-31(39)34(33)46-22-26-12-5-7-16-30(26)38)19-29-35(42)40(27-14-8-10-23(2)18-27)37(44)41(36(29)43)32-17-9-13-25-11-4-6-15-28(25)32/h4-21H,3,22H2,1-2H3/b29-19+. The van der Waals surface area contributed by atoms with E-state index in [1.807, 2.05) is 68.4 Å². The number of carbonyl (C=O) groups excluding carboxylic acids is 3. The summed E-state index contributed by atoms with van der Waals surface area (Å²) < 4.78 is 12.8. The molecule has 0 unspecified atom stereocenters. The van der Waals surface area contributed by atoms with E-state index in [2.05, 4.69) is 22.6 Å². The molecule has 0 atom stereocenters. The maximum atomic E-state index is 14.2. The highest BCUT2D eigenvalue weighted by atomic mass is 127. The Bertz CT molecular complexity index is 2040. The van der Waals surface area contributed by atoms with Crippen LogP contribution in [0.25, 0.3) is 16.8 Å². The molecule has 4 amide bonds. The van der Waals surface area contributed by atoms with Crippen LogP contribution in [0.3, 0.4) is 0 Å². The van der Waals surface area contributed by atoms with Crippen LogP contribution in [0.15, 0.2) is 109 Å². The third kappa shape index (κ3) is 6.10. The first-order valence-electron chi connectivity index (χ1n) is 14.6. The lowest BCUT2D eigenvalue weighted by atomic mass is 10.0. The van der Waals surface area contributed by atoms with E-state index in [1.165, 1.54) is 6.08 Å². The first-order chi connectivity index (χ1) is 22.3. The second-order valence-electron chi connectivity index (χ2n) is 10.6. The highest BCUT2D eigenvalue weighted by molar-refractivity contribution is 14.1. The molecule has 0 bridgehead atoms. The van der Waals surface area contributed by atoms with Crippen LogP contribution < -0.4 is 19.3 Å². The van der Waals surface area contributed by atoms with Gasteiger partial charge in [-0.2, -0.15) is 0 Å². The van der Waals surface area contributed by atoms with Crippen LogP contribution in [-0.4, -0.2) is 24.5 Å². The molecule has 46 heavy (non-hydrogen) atoms. The molecule has 5 aromatic rings. The molecular weight excluding hydrogens is 715 g/mol. The molecule has 7 nitrogen and oxygen atoms in total. The summed E-state index contributed by atoms with van der Waals surface area (Å²) in [5.74, 6) is -0.479. The summed E-state index contributed by atoms with van der Waals surface area (Å²) in [6.45, 7) is 4.32. The second-order valence-corrected chi connectivity index (χ2v) is 12.2. The topological polar surface area (TPSA) is 76.2 Å². The number of urea groups is 1. The van der Waals surface area contributed by atoms with Gasteiger partial charge in [-0.15, -0.1) is 0 Å². The van der Waals surface area contributed by atoms with Gasteiger partial charge in [-0.05, 0) is 95.4 Å². The molecule has 0 spiro atoms. The van der Waals surface area contributed by atoms with Crippen molar-refractivity contribution in [2.45, 2.75) is 20.5 Å². The molecule has 1 fully saturated rings. The molecule has 0 aromatic heterocycles. The fourth-order valence-corrected chi connectivity index (χ4v) is 6.32. The zero-order valence-electron chi connectivity index (χ0n) is 25.0. The molecule has 230 valence electrons. The van der Waals surface area contributed by atoms with Gasteiger partial charge in [-0.1, -0.05) is 78.3 Å². The number of hydrogen-bond acceptors (Lipinski definition) is 5.